The van der Waals surface area contributed by atoms with Gasteiger partial charge in [0.05, 0.1) is 0 Å². The molecule has 1 aromatic carbocycles. The fourth-order valence-electron chi connectivity index (χ4n) is 3.17. The molecule has 0 unspecified atom stereocenters. The van der Waals surface area contributed by atoms with Gasteiger partial charge in [-0.3, -0.25) is 4.79 Å². The van der Waals surface area contributed by atoms with Crippen molar-refractivity contribution in [3.8, 4) is 0 Å². The second-order valence-electron chi connectivity index (χ2n) is 6.14. The number of rotatable bonds is 5. The van der Waals surface area contributed by atoms with Crippen molar-refractivity contribution in [2.45, 2.75) is 46.0 Å². The summed E-state index contributed by atoms with van der Waals surface area (Å²) in [5.74, 6) is 0.733. The minimum absolute atomic E-state index is 0.156. The summed E-state index contributed by atoms with van der Waals surface area (Å²) in [6.45, 7) is 6.17. The zero-order valence-electron chi connectivity index (χ0n) is 13.3. The maximum Gasteiger partial charge on any atom is 0.253 e. The fraction of sp³-hybridized carbons (Fsp3) is 0.611. The predicted octanol–water partition coefficient (Wildman–Crippen LogP) is 3.18. The van der Waals surface area contributed by atoms with Gasteiger partial charge in [-0.25, -0.2) is 0 Å². The predicted molar refractivity (Wildman–Crippen MR) is 85.5 cm³/mol. The second-order valence-corrected chi connectivity index (χ2v) is 6.14. The Labute approximate surface area is 128 Å². The van der Waals surface area contributed by atoms with Gasteiger partial charge in [-0.2, -0.15) is 0 Å². The van der Waals surface area contributed by atoms with Crippen LogP contribution in [0.25, 0.3) is 0 Å². The smallest absolute Gasteiger partial charge is 0.253 e. The highest BCUT2D eigenvalue weighted by molar-refractivity contribution is 5.94. The average Bonchev–Trinajstić information content (AvgIpc) is 2.50. The minimum atomic E-state index is 0.156. The molecular weight excluding hydrogens is 262 g/mol. The fourth-order valence-corrected chi connectivity index (χ4v) is 3.17. The van der Waals surface area contributed by atoms with Crippen molar-refractivity contribution >= 4 is 5.91 Å². The Kier molecular flexibility index (Phi) is 5.80. The van der Waals surface area contributed by atoms with Crippen LogP contribution in [-0.2, 0) is 6.42 Å². The highest BCUT2D eigenvalue weighted by Crippen LogP contribution is 2.22. The summed E-state index contributed by atoms with van der Waals surface area (Å²) >= 11 is 0. The monoisotopic (exact) mass is 289 g/mol. The number of hydrogen-bond donors (Lipinski definition) is 1. The molecule has 0 aromatic heterocycles. The van der Waals surface area contributed by atoms with E-state index in [1.54, 1.807) is 0 Å². The number of piperidine rings is 1. The van der Waals surface area contributed by atoms with Gasteiger partial charge in [0.2, 0.25) is 0 Å². The zero-order chi connectivity index (χ0) is 15.2. The maximum atomic E-state index is 12.6. The number of hydrogen-bond acceptors (Lipinski definition) is 2. The molecule has 0 aliphatic carbocycles. The molecule has 2 rings (SSSR count). The molecule has 1 heterocycles. The molecule has 1 amide bonds. The third kappa shape index (κ3) is 4.07. The molecule has 3 nitrogen and oxygen atoms in total. The molecule has 1 aliphatic heterocycles. The number of likely N-dealkylation sites (tertiary alicyclic amines) is 1. The molecule has 0 bridgehead atoms. The van der Waals surface area contributed by atoms with E-state index in [0.717, 1.165) is 50.8 Å². The van der Waals surface area contributed by atoms with E-state index in [-0.39, 0.29) is 12.5 Å². The van der Waals surface area contributed by atoms with E-state index in [0.29, 0.717) is 5.92 Å². The van der Waals surface area contributed by atoms with E-state index in [1.807, 2.05) is 17.0 Å². The standard InChI is InChI=1S/C18H27NO2/c1-3-4-16-5-6-17(13-14(16)2)18(21)19-10-7-15(8-11-19)9-12-20/h5-6,13,15,20H,3-4,7-12H2,1-2H3. The van der Waals surface area contributed by atoms with Gasteiger partial charge in [-0.1, -0.05) is 19.4 Å². The first kappa shape index (κ1) is 16.0. The highest BCUT2D eigenvalue weighted by atomic mass is 16.3. The number of carbonyl (C=O) groups is 1. The third-order valence-electron chi connectivity index (χ3n) is 4.55. The number of carbonyl (C=O) groups excluding carboxylic acids is 1. The van der Waals surface area contributed by atoms with E-state index in [9.17, 15) is 4.79 Å². The van der Waals surface area contributed by atoms with Gasteiger partial charge in [0.1, 0.15) is 0 Å². The lowest BCUT2D eigenvalue weighted by Crippen LogP contribution is -2.38. The van der Waals surface area contributed by atoms with Crippen molar-refractivity contribution in [2.24, 2.45) is 5.92 Å². The van der Waals surface area contributed by atoms with Gasteiger partial charge in [0.15, 0.2) is 0 Å². The Morgan fingerprint density at radius 1 is 1.33 bits per heavy atom. The summed E-state index contributed by atoms with van der Waals surface area (Å²) in [4.78, 5) is 14.5. The molecule has 0 saturated carbocycles. The Morgan fingerprint density at radius 3 is 2.62 bits per heavy atom. The van der Waals surface area contributed by atoms with Gasteiger partial charge in [0, 0.05) is 25.3 Å². The molecule has 0 radical (unpaired) electrons. The molecule has 1 aliphatic rings. The van der Waals surface area contributed by atoms with Crippen molar-refractivity contribution in [3.63, 3.8) is 0 Å². The zero-order valence-corrected chi connectivity index (χ0v) is 13.3. The SMILES string of the molecule is CCCc1ccc(C(=O)N2CCC(CCO)CC2)cc1C. The average molecular weight is 289 g/mol. The molecule has 1 aromatic rings. The molecule has 0 spiro atoms. The second kappa shape index (κ2) is 7.60. The summed E-state index contributed by atoms with van der Waals surface area (Å²) in [6.07, 6.45) is 5.10. The van der Waals surface area contributed by atoms with Crippen LogP contribution in [0.3, 0.4) is 0 Å². The summed E-state index contributed by atoms with van der Waals surface area (Å²) in [5.41, 5.74) is 3.38. The number of aliphatic hydroxyl groups excluding tert-OH is 1. The van der Waals surface area contributed by atoms with Crippen LogP contribution < -0.4 is 0 Å². The molecule has 1 N–H and O–H groups in total. The van der Waals surface area contributed by atoms with Crippen molar-refractivity contribution in [1.82, 2.24) is 4.90 Å². The Bertz CT molecular complexity index is 476. The molecule has 21 heavy (non-hydrogen) atoms. The van der Waals surface area contributed by atoms with Crippen LogP contribution in [0.5, 0.6) is 0 Å². The third-order valence-corrected chi connectivity index (χ3v) is 4.55. The molecular formula is C18H27NO2. The van der Waals surface area contributed by atoms with Crippen LogP contribution in [0.2, 0.25) is 0 Å². The maximum absolute atomic E-state index is 12.6. The molecule has 0 atom stereocenters. The van der Waals surface area contributed by atoms with Crippen LogP contribution in [0.15, 0.2) is 18.2 Å². The summed E-state index contributed by atoms with van der Waals surface area (Å²) in [6, 6.07) is 6.11. The van der Waals surface area contributed by atoms with Crippen LogP contribution in [-0.4, -0.2) is 35.6 Å². The van der Waals surface area contributed by atoms with Crippen molar-refractivity contribution < 1.29 is 9.90 Å². The van der Waals surface area contributed by atoms with E-state index >= 15 is 0 Å². The summed E-state index contributed by atoms with van der Waals surface area (Å²) in [7, 11) is 0. The summed E-state index contributed by atoms with van der Waals surface area (Å²) in [5, 5.41) is 8.99. The summed E-state index contributed by atoms with van der Waals surface area (Å²) < 4.78 is 0. The van der Waals surface area contributed by atoms with Crippen molar-refractivity contribution in [1.29, 1.82) is 0 Å². The first-order chi connectivity index (χ1) is 10.2. The van der Waals surface area contributed by atoms with Crippen molar-refractivity contribution in [3.05, 3.63) is 34.9 Å². The molecule has 1 saturated heterocycles. The van der Waals surface area contributed by atoms with Crippen molar-refractivity contribution in [2.75, 3.05) is 19.7 Å². The molecule has 116 valence electrons. The Hall–Kier alpha value is -1.35. The number of aliphatic hydroxyl groups is 1. The quantitative estimate of drug-likeness (QED) is 0.904. The number of nitrogens with zero attached hydrogens (tertiary/aromatic N) is 1. The van der Waals surface area contributed by atoms with E-state index in [2.05, 4.69) is 19.9 Å². The first-order valence-corrected chi connectivity index (χ1v) is 8.15. The Morgan fingerprint density at radius 2 is 2.05 bits per heavy atom. The topological polar surface area (TPSA) is 40.5 Å². The van der Waals surface area contributed by atoms with E-state index < -0.39 is 0 Å². The van der Waals surface area contributed by atoms with Gasteiger partial charge in [0.25, 0.3) is 5.91 Å². The van der Waals surface area contributed by atoms with Crippen LogP contribution in [0.1, 0.15) is 54.1 Å². The lowest BCUT2D eigenvalue weighted by molar-refractivity contribution is 0.0678. The minimum Gasteiger partial charge on any atom is -0.396 e. The lowest BCUT2D eigenvalue weighted by atomic mass is 9.93. The number of aryl methyl sites for hydroxylation is 2. The van der Waals surface area contributed by atoms with Gasteiger partial charge in [-0.05, 0) is 61.8 Å². The Balaban J connectivity index is 1.99. The number of benzene rings is 1. The largest absolute Gasteiger partial charge is 0.396 e. The van der Waals surface area contributed by atoms with Gasteiger partial charge < -0.3 is 10.0 Å². The molecule has 3 heteroatoms. The van der Waals surface area contributed by atoms with E-state index in [1.165, 1.54) is 11.1 Å². The highest BCUT2D eigenvalue weighted by Gasteiger charge is 2.23. The van der Waals surface area contributed by atoms with Crippen LogP contribution in [0, 0.1) is 12.8 Å². The van der Waals surface area contributed by atoms with Gasteiger partial charge in [-0.15, -0.1) is 0 Å². The van der Waals surface area contributed by atoms with Crippen LogP contribution in [0.4, 0.5) is 0 Å². The van der Waals surface area contributed by atoms with E-state index in [4.69, 9.17) is 5.11 Å². The van der Waals surface area contributed by atoms with Gasteiger partial charge >= 0.3 is 0 Å². The normalized spacial score (nSPS) is 16.2. The first-order valence-electron chi connectivity index (χ1n) is 8.15. The number of amides is 1. The molecule has 1 fully saturated rings. The lowest BCUT2D eigenvalue weighted by Gasteiger charge is -2.32. The van der Waals surface area contributed by atoms with Crippen LogP contribution >= 0.6 is 0 Å².